The van der Waals surface area contributed by atoms with Crippen LogP contribution in [0.1, 0.15) is 28.1 Å². The van der Waals surface area contributed by atoms with Gasteiger partial charge in [0.2, 0.25) is 29.7 Å². The molecule has 4 heterocycles. The van der Waals surface area contributed by atoms with Gasteiger partial charge in [0.1, 0.15) is 5.82 Å². The number of hydrogen-bond donors (Lipinski definition) is 3. The molecule has 2 fully saturated rings. The fraction of sp³-hybridized carbons (Fsp3) is 0.297. The van der Waals surface area contributed by atoms with E-state index >= 15 is 0 Å². The lowest BCUT2D eigenvalue weighted by Gasteiger charge is -2.27. The largest absolute Gasteiger partial charge is 0.378 e. The van der Waals surface area contributed by atoms with Gasteiger partial charge in [0.25, 0.3) is 0 Å². The first-order valence-corrected chi connectivity index (χ1v) is 16.8. The molecule has 0 amide bonds. The molecule has 0 radical (unpaired) electrons. The lowest BCUT2D eigenvalue weighted by Crippen LogP contribution is -2.37. The Kier molecular flexibility index (Phi) is 10.0. The quantitative estimate of drug-likeness (QED) is 0.149. The van der Waals surface area contributed by atoms with Crippen LogP contribution in [-0.2, 0) is 9.47 Å². The average molecular weight is 672 g/mol. The van der Waals surface area contributed by atoms with Gasteiger partial charge in [-0.1, -0.05) is 42.5 Å². The van der Waals surface area contributed by atoms with Crippen molar-refractivity contribution >= 4 is 59.0 Å². The van der Waals surface area contributed by atoms with Gasteiger partial charge < -0.3 is 35.2 Å². The monoisotopic (exact) mass is 671 g/mol. The van der Waals surface area contributed by atoms with Crippen molar-refractivity contribution in [3.63, 3.8) is 0 Å². The third-order valence-corrected chi connectivity index (χ3v) is 8.47. The van der Waals surface area contributed by atoms with Gasteiger partial charge in [-0.3, -0.25) is 0 Å². The van der Waals surface area contributed by atoms with Crippen molar-refractivity contribution in [1.82, 2.24) is 29.9 Å². The van der Waals surface area contributed by atoms with Gasteiger partial charge >= 0.3 is 0 Å². The summed E-state index contributed by atoms with van der Waals surface area (Å²) in [6, 6.07) is 22.4. The molecule has 50 heavy (non-hydrogen) atoms. The van der Waals surface area contributed by atoms with E-state index in [0.717, 1.165) is 65.5 Å². The number of anilines is 8. The summed E-state index contributed by atoms with van der Waals surface area (Å²) in [7, 11) is 0. The summed E-state index contributed by atoms with van der Waals surface area (Å²) in [5, 5.41) is 10.1. The maximum Gasteiger partial charge on any atom is 0.233 e. The second kappa shape index (κ2) is 15.3. The van der Waals surface area contributed by atoms with Crippen molar-refractivity contribution in [1.29, 1.82) is 0 Å². The van der Waals surface area contributed by atoms with Crippen LogP contribution in [0.25, 0.3) is 12.2 Å². The number of nitrogens with one attached hydrogen (secondary N) is 3. The van der Waals surface area contributed by atoms with E-state index in [4.69, 9.17) is 19.4 Å². The normalized spacial score (nSPS) is 14.9. The van der Waals surface area contributed by atoms with Crippen LogP contribution in [0, 0.1) is 20.8 Å². The molecule has 13 nitrogen and oxygen atoms in total. The van der Waals surface area contributed by atoms with Crippen LogP contribution < -0.4 is 25.8 Å². The van der Waals surface area contributed by atoms with Crippen molar-refractivity contribution in [3.8, 4) is 0 Å². The number of aromatic nitrogens is 6. The molecule has 3 N–H and O–H groups in total. The molecule has 2 saturated heterocycles. The van der Waals surface area contributed by atoms with E-state index < -0.39 is 0 Å². The number of aryl methyl sites for hydroxylation is 3. The first kappa shape index (κ1) is 32.9. The lowest BCUT2D eigenvalue weighted by molar-refractivity contribution is 0.122. The first-order chi connectivity index (χ1) is 24.4. The number of benzene rings is 3. The fourth-order valence-electron chi connectivity index (χ4n) is 5.78. The van der Waals surface area contributed by atoms with Crippen molar-refractivity contribution in [3.05, 3.63) is 94.8 Å². The van der Waals surface area contributed by atoms with Crippen LogP contribution in [0.4, 0.5) is 46.8 Å². The van der Waals surface area contributed by atoms with Gasteiger partial charge in [-0.25, -0.2) is 0 Å². The molecule has 0 spiro atoms. The van der Waals surface area contributed by atoms with Crippen LogP contribution in [0.2, 0.25) is 0 Å². The molecule has 7 rings (SSSR count). The second-order valence-electron chi connectivity index (χ2n) is 12.2. The number of ether oxygens (including phenoxy) is 2. The van der Waals surface area contributed by atoms with Gasteiger partial charge in [0.05, 0.1) is 26.4 Å². The Balaban J connectivity index is 1.04. The van der Waals surface area contributed by atoms with Gasteiger partial charge in [-0.2, -0.15) is 29.9 Å². The van der Waals surface area contributed by atoms with Crippen molar-refractivity contribution in [2.75, 3.05) is 78.4 Å². The van der Waals surface area contributed by atoms with Gasteiger partial charge in [0, 0.05) is 43.2 Å². The maximum atomic E-state index is 5.54. The van der Waals surface area contributed by atoms with Crippen molar-refractivity contribution in [2.24, 2.45) is 0 Å². The fourth-order valence-corrected chi connectivity index (χ4v) is 5.78. The summed E-state index contributed by atoms with van der Waals surface area (Å²) in [6.45, 7) is 11.7. The van der Waals surface area contributed by atoms with E-state index in [1.165, 1.54) is 0 Å². The van der Waals surface area contributed by atoms with E-state index in [1.54, 1.807) is 0 Å². The number of nitrogens with zero attached hydrogens (tertiary/aromatic N) is 8. The second-order valence-corrected chi connectivity index (χ2v) is 12.2. The summed E-state index contributed by atoms with van der Waals surface area (Å²) >= 11 is 0. The highest BCUT2D eigenvalue weighted by molar-refractivity contribution is 5.75. The zero-order chi connectivity index (χ0) is 34.3. The highest BCUT2D eigenvalue weighted by Gasteiger charge is 2.18. The minimum Gasteiger partial charge on any atom is -0.378 e. The van der Waals surface area contributed by atoms with Crippen LogP contribution in [0.5, 0.6) is 0 Å². The number of rotatable bonds is 10. The minimum atomic E-state index is 0.469. The topological polar surface area (TPSA) is 138 Å². The number of morpholine rings is 2. The van der Waals surface area contributed by atoms with Crippen LogP contribution in [-0.4, -0.2) is 82.5 Å². The Morgan fingerprint density at radius 1 is 0.520 bits per heavy atom. The van der Waals surface area contributed by atoms with E-state index in [0.29, 0.717) is 62.0 Å². The Bertz CT molecular complexity index is 1960. The third-order valence-electron chi connectivity index (χ3n) is 8.47. The summed E-state index contributed by atoms with van der Waals surface area (Å²) in [4.78, 5) is 32.1. The summed E-state index contributed by atoms with van der Waals surface area (Å²) in [6.07, 6.45) is 4.28. The van der Waals surface area contributed by atoms with E-state index in [-0.39, 0.29) is 0 Å². The predicted octanol–water partition coefficient (Wildman–Crippen LogP) is 6.06. The van der Waals surface area contributed by atoms with Gasteiger partial charge in [0.15, 0.2) is 0 Å². The molecule has 2 aliphatic rings. The molecule has 256 valence electrons. The molecule has 2 aromatic heterocycles. The van der Waals surface area contributed by atoms with E-state index in [2.05, 4.69) is 96.0 Å². The highest BCUT2D eigenvalue weighted by Crippen LogP contribution is 2.25. The van der Waals surface area contributed by atoms with Gasteiger partial charge in [-0.05, 0) is 79.4 Å². The van der Waals surface area contributed by atoms with Crippen molar-refractivity contribution in [2.45, 2.75) is 20.8 Å². The molecule has 5 aromatic rings. The standard InChI is InChI=1S/C37H41N11O2/c1-25-23-31(41-33-38-27(3)39-36(44-33)47-15-19-49-20-16-47)13-11-28(25)9-10-29-12-14-32(24-26(29)2)42-35-43-34(40-30-7-5-4-6-8-30)45-37(46-35)48-17-21-50-22-18-48/h4-14,23-24H,15-22H2,1-3H3,(H,38,39,41,44)(H2,40,42,43,45,46). The maximum absolute atomic E-state index is 5.54. The summed E-state index contributed by atoms with van der Waals surface area (Å²) in [5.74, 6) is 3.43. The zero-order valence-electron chi connectivity index (χ0n) is 28.6. The Hall–Kier alpha value is -5.66. The van der Waals surface area contributed by atoms with E-state index in [9.17, 15) is 0 Å². The summed E-state index contributed by atoms with van der Waals surface area (Å²) < 4.78 is 11.0. The molecule has 3 aromatic carbocycles. The van der Waals surface area contributed by atoms with E-state index in [1.807, 2.05) is 49.4 Å². The molecule has 13 heteroatoms. The molecular formula is C37H41N11O2. The molecule has 0 atom stereocenters. The summed E-state index contributed by atoms with van der Waals surface area (Å²) in [5.41, 5.74) is 7.20. The molecule has 0 saturated carbocycles. The van der Waals surface area contributed by atoms with Crippen LogP contribution in [0.15, 0.2) is 66.7 Å². The predicted molar refractivity (Wildman–Crippen MR) is 198 cm³/mol. The molecule has 2 aliphatic heterocycles. The highest BCUT2D eigenvalue weighted by atomic mass is 16.5. The third kappa shape index (κ3) is 8.31. The molecular weight excluding hydrogens is 630 g/mol. The average Bonchev–Trinajstić information content (AvgIpc) is 3.13. The van der Waals surface area contributed by atoms with Gasteiger partial charge in [-0.15, -0.1) is 0 Å². The number of hydrogen-bond acceptors (Lipinski definition) is 13. The van der Waals surface area contributed by atoms with Crippen LogP contribution in [0.3, 0.4) is 0 Å². The molecule has 0 bridgehead atoms. The molecule has 0 aliphatic carbocycles. The van der Waals surface area contributed by atoms with Crippen molar-refractivity contribution < 1.29 is 9.47 Å². The number of para-hydroxylation sites is 1. The zero-order valence-corrected chi connectivity index (χ0v) is 28.6. The lowest BCUT2D eigenvalue weighted by atomic mass is 10.0. The first-order valence-electron chi connectivity index (χ1n) is 16.8. The Labute approximate surface area is 291 Å². The smallest absolute Gasteiger partial charge is 0.233 e. The SMILES string of the molecule is Cc1nc(Nc2ccc(C=Cc3ccc(Nc4nc(Nc5ccccc5)nc(N5CCOCC5)n4)cc3C)c(C)c2)nc(N2CCOCC2)n1. The molecule has 0 unspecified atom stereocenters. The van der Waals surface area contributed by atoms with Crippen LogP contribution >= 0.6 is 0 Å². The Morgan fingerprint density at radius 3 is 1.48 bits per heavy atom. The minimum absolute atomic E-state index is 0.469. The Morgan fingerprint density at radius 2 is 0.980 bits per heavy atom.